The Morgan fingerprint density at radius 1 is 0.523 bits per heavy atom. The van der Waals surface area contributed by atoms with Gasteiger partial charge in [-0.05, 0) is 86.3 Å². The molecule has 44 heavy (non-hydrogen) atoms. The van der Waals surface area contributed by atoms with Crippen molar-refractivity contribution >= 4 is 54.5 Å². The second-order valence-corrected chi connectivity index (χ2v) is 11.4. The number of nitrogens with zero attached hydrogens (tertiary/aromatic N) is 2. The predicted octanol–water partition coefficient (Wildman–Crippen LogP) is 11.1. The molecule has 0 aliphatic heterocycles. The topological polar surface area (TPSA) is 31.0 Å². The van der Waals surface area contributed by atoms with Crippen molar-refractivity contribution in [2.75, 3.05) is 0 Å². The van der Waals surface area contributed by atoms with Crippen molar-refractivity contribution in [2.45, 2.75) is 13.3 Å². The van der Waals surface area contributed by atoms with Crippen LogP contribution in [0.4, 0.5) is 0 Å². The summed E-state index contributed by atoms with van der Waals surface area (Å²) in [4.78, 5) is 4.90. The quantitative estimate of drug-likeness (QED) is 0.199. The molecule has 0 bridgehead atoms. The highest BCUT2D eigenvalue weighted by Crippen LogP contribution is 2.44. The molecule has 9 rings (SSSR count). The van der Waals surface area contributed by atoms with Crippen LogP contribution in [-0.4, -0.2) is 9.55 Å². The van der Waals surface area contributed by atoms with Crippen LogP contribution >= 0.6 is 0 Å². The molecule has 0 atom stereocenters. The van der Waals surface area contributed by atoms with Gasteiger partial charge >= 0.3 is 0 Å². The third kappa shape index (κ3) is 3.66. The number of rotatable bonds is 4. The van der Waals surface area contributed by atoms with Crippen molar-refractivity contribution in [3.05, 3.63) is 145 Å². The Morgan fingerprint density at radius 3 is 1.75 bits per heavy atom. The van der Waals surface area contributed by atoms with Crippen LogP contribution in [0.1, 0.15) is 12.7 Å². The Labute approximate surface area is 254 Å². The molecule has 0 saturated carbocycles. The molecule has 0 aliphatic rings. The van der Waals surface area contributed by atoms with Crippen LogP contribution in [0.25, 0.3) is 82.5 Å². The summed E-state index contributed by atoms with van der Waals surface area (Å²) in [6.45, 7) is 2.16. The van der Waals surface area contributed by atoms with Gasteiger partial charge in [-0.1, -0.05) is 104 Å². The van der Waals surface area contributed by atoms with Crippen LogP contribution in [0.5, 0.6) is 0 Å². The van der Waals surface area contributed by atoms with Crippen LogP contribution in [0.2, 0.25) is 0 Å². The molecule has 0 N–H and O–H groups in total. The van der Waals surface area contributed by atoms with E-state index in [1.54, 1.807) is 0 Å². The number of aryl methyl sites for hydroxylation is 1. The maximum Gasteiger partial charge on any atom is 0.136 e. The van der Waals surface area contributed by atoms with E-state index in [0.29, 0.717) is 0 Å². The summed E-state index contributed by atoms with van der Waals surface area (Å²) in [5.74, 6) is 1.07. The molecule has 0 spiro atoms. The van der Waals surface area contributed by atoms with Crippen molar-refractivity contribution in [3.8, 4) is 27.9 Å². The average molecular weight is 565 g/mol. The third-order valence-electron chi connectivity index (χ3n) is 8.96. The Kier molecular flexibility index (Phi) is 5.48. The molecule has 2 heterocycles. The lowest BCUT2D eigenvalue weighted by Crippen LogP contribution is -2.00. The van der Waals surface area contributed by atoms with Gasteiger partial charge in [0, 0.05) is 22.9 Å². The standard InChI is InChI=1S/C41H28N2O/c1-2-39-42-35-16-8-9-17-36(35)43(39)28-22-19-26(20-23-28)40-31-12-3-5-14-33(31)41(34-15-6-4-13-32(34)40)27-21-24-30-29-11-7-10-18-37(29)44-38(30)25-27/h3-25H,2H2,1H3. The van der Waals surface area contributed by atoms with E-state index in [1.807, 2.05) is 12.1 Å². The summed E-state index contributed by atoms with van der Waals surface area (Å²) in [5.41, 5.74) is 9.97. The normalized spacial score (nSPS) is 11.8. The fraction of sp³-hybridized carbons (Fsp3) is 0.0488. The second kappa shape index (κ2) is 9.68. The maximum absolute atomic E-state index is 6.31. The highest BCUT2D eigenvalue weighted by atomic mass is 16.3. The molecular weight excluding hydrogens is 536 g/mol. The zero-order chi connectivity index (χ0) is 29.2. The van der Waals surface area contributed by atoms with Crippen LogP contribution < -0.4 is 0 Å². The van der Waals surface area contributed by atoms with Crippen LogP contribution in [0, 0.1) is 0 Å². The lowest BCUT2D eigenvalue weighted by molar-refractivity contribution is 0.669. The maximum atomic E-state index is 6.31. The largest absolute Gasteiger partial charge is 0.456 e. The SMILES string of the molecule is CCc1nc2ccccc2n1-c1ccc(-c2c3ccccc3c(-c3ccc4c(c3)oc3ccccc34)c3ccccc23)cc1. The summed E-state index contributed by atoms with van der Waals surface area (Å²) in [6.07, 6.45) is 0.868. The molecule has 0 saturated heterocycles. The minimum atomic E-state index is 0.868. The fourth-order valence-electron chi connectivity index (χ4n) is 7.01. The van der Waals surface area contributed by atoms with Crippen LogP contribution in [0.3, 0.4) is 0 Å². The first-order chi connectivity index (χ1) is 21.8. The van der Waals surface area contributed by atoms with E-state index in [0.717, 1.165) is 56.5 Å². The summed E-state index contributed by atoms with van der Waals surface area (Å²) in [7, 11) is 0. The lowest BCUT2D eigenvalue weighted by Gasteiger charge is -2.18. The van der Waals surface area contributed by atoms with Crippen molar-refractivity contribution in [1.29, 1.82) is 0 Å². The minimum Gasteiger partial charge on any atom is -0.456 e. The molecule has 3 heteroatoms. The van der Waals surface area contributed by atoms with E-state index >= 15 is 0 Å². The zero-order valence-electron chi connectivity index (χ0n) is 24.3. The first kappa shape index (κ1) is 24.9. The third-order valence-corrected chi connectivity index (χ3v) is 8.96. The number of para-hydroxylation sites is 3. The zero-order valence-corrected chi connectivity index (χ0v) is 24.3. The van der Waals surface area contributed by atoms with E-state index in [4.69, 9.17) is 9.40 Å². The summed E-state index contributed by atoms with van der Waals surface area (Å²) in [5, 5.41) is 7.23. The number of hydrogen-bond donors (Lipinski definition) is 0. The van der Waals surface area contributed by atoms with Gasteiger partial charge in [0.25, 0.3) is 0 Å². The molecule has 0 fully saturated rings. The number of fused-ring (bicyclic) bond motifs is 6. The van der Waals surface area contributed by atoms with Gasteiger partial charge in [0.15, 0.2) is 0 Å². The van der Waals surface area contributed by atoms with Gasteiger partial charge in [-0.2, -0.15) is 0 Å². The van der Waals surface area contributed by atoms with Crippen molar-refractivity contribution in [1.82, 2.24) is 9.55 Å². The van der Waals surface area contributed by atoms with E-state index in [-0.39, 0.29) is 0 Å². The van der Waals surface area contributed by atoms with Gasteiger partial charge in [-0.3, -0.25) is 4.57 Å². The molecular formula is C41H28N2O. The monoisotopic (exact) mass is 564 g/mol. The summed E-state index contributed by atoms with van der Waals surface area (Å²) < 4.78 is 8.59. The van der Waals surface area contributed by atoms with Gasteiger partial charge in [0.1, 0.15) is 17.0 Å². The average Bonchev–Trinajstić information content (AvgIpc) is 3.65. The van der Waals surface area contributed by atoms with Crippen molar-refractivity contribution in [2.24, 2.45) is 0 Å². The van der Waals surface area contributed by atoms with Gasteiger partial charge in [0.05, 0.1) is 11.0 Å². The van der Waals surface area contributed by atoms with Gasteiger partial charge < -0.3 is 4.42 Å². The molecule has 9 aromatic rings. The number of furan rings is 1. The molecule has 208 valence electrons. The molecule has 3 nitrogen and oxygen atoms in total. The molecule has 0 radical (unpaired) electrons. The van der Waals surface area contributed by atoms with E-state index in [1.165, 1.54) is 38.2 Å². The van der Waals surface area contributed by atoms with Crippen LogP contribution in [0.15, 0.2) is 144 Å². The van der Waals surface area contributed by atoms with E-state index in [2.05, 4.69) is 139 Å². The van der Waals surface area contributed by atoms with Crippen molar-refractivity contribution in [3.63, 3.8) is 0 Å². The van der Waals surface area contributed by atoms with E-state index < -0.39 is 0 Å². The molecule has 0 aliphatic carbocycles. The first-order valence-corrected chi connectivity index (χ1v) is 15.2. The second-order valence-electron chi connectivity index (χ2n) is 11.4. The molecule has 0 unspecified atom stereocenters. The molecule has 2 aromatic heterocycles. The van der Waals surface area contributed by atoms with Crippen LogP contribution in [-0.2, 0) is 6.42 Å². The number of aromatic nitrogens is 2. The predicted molar refractivity (Wildman–Crippen MR) is 184 cm³/mol. The Morgan fingerprint density at radius 2 is 1.07 bits per heavy atom. The Balaban J connectivity index is 1.26. The first-order valence-electron chi connectivity index (χ1n) is 15.2. The highest BCUT2D eigenvalue weighted by molar-refractivity contribution is 6.22. The Bertz CT molecular complexity index is 2480. The highest BCUT2D eigenvalue weighted by Gasteiger charge is 2.18. The number of imidazole rings is 1. The number of benzene rings is 7. The lowest BCUT2D eigenvalue weighted by atomic mass is 9.86. The van der Waals surface area contributed by atoms with Gasteiger partial charge in [0.2, 0.25) is 0 Å². The molecule has 0 amide bonds. The minimum absolute atomic E-state index is 0.868. The van der Waals surface area contributed by atoms with Gasteiger partial charge in [-0.25, -0.2) is 4.98 Å². The molecule has 7 aromatic carbocycles. The summed E-state index contributed by atoms with van der Waals surface area (Å²) >= 11 is 0. The van der Waals surface area contributed by atoms with Crippen molar-refractivity contribution < 1.29 is 4.42 Å². The summed E-state index contributed by atoms with van der Waals surface area (Å²) in [6, 6.07) is 49.9. The van der Waals surface area contributed by atoms with E-state index in [9.17, 15) is 0 Å². The number of hydrogen-bond acceptors (Lipinski definition) is 2. The smallest absolute Gasteiger partial charge is 0.136 e. The fourth-order valence-corrected chi connectivity index (χ4v) is 7.01. The Hall–Kier alpha value is -5.67. The van der Waals surface area contributed by atoms with Gasteiger partial charge in [-0.15, -0.1) is 0 Å².